The Balaban J connectivity index is 2.30. The number of nitrogens with zero attached hydrogens (tertiary/aromatic N) is 1. The fourth-order valence-corrected chi connectivity index (χ4v) is 4.52. The van der Waals surface area contributed by atoms with Crippen molar-refractivity contribution < 1.29 is 14.7 Å². The van der Waals surface area contributed by atoms with E-state index in [1.165, 1.54) is 0 Å². The van der Waals surface area contributed by atoms with Crippen molar-refractivity contribution in [3.05, 3.63) is 59.4 Å². The molecule has 0 saturated heterocycles. The summed E-state index contributed by atoms with van der Waals surface area (Å²) in [5.74, 6) is 0.936. The maximum atomic E-state index is 9.97. The quantitative estimate of drug-likeness (QED) is 0.182. The maximum absolute atomic E-state index is 9.97. The molecule has 1 aromatic heterocycles. The van der Waals surface area contributed by atoms with Crippen LogP contribution in [0, 0.1) is 7.14 Å². The van der Waals surface area contributed by atoms with E-state index in [9.17, 15) is 10.3 Å². The number of halogens is 3. The number of phenolic OH excluding ortho intramolecular Hbond substituents is 1. The zero-order valence-corrected chi connectivity index (χ0v) is 17.5. The summed E-state index contributed by atoms with van der Waals surface area (Å²) in [6.45, 7) is 1.97. The molecule has 0 amide bonds. The lowest BCUT2D eigenvalue weighted by Gasteiger charge is -2.09. The molecule has 124 valence electrons. The van der Waals surface area contributed by atoms with Crippen molar-refractivity contribution in [1.29, 1.82) is 0 Å². The van der Waals surface area contributed by atoms with E-state index in [1.807, 2.05) is 52.1 Å². The lowest BCUT2D eigenvalue weighted by Crippen LogP contribution is -2.06. The highest BCUT2D eigenvalue weighted by molar-refractivity contribution is 14.1. The fraction of sp³-hybridized carbons (Fsp3) is 0.118. The zero-order chi connectivity index (χ0) is 17.4. The number of hydrogen-bond acceptors (Lipinski definition) is 4. The summed E-state index contributed by atoms with van der Waals surface area (Å²) in [6, 6.07) is 8.92. The molecule has 2 N–H and O–H groups in total. The Kier molecular flexibility index (Phi) is 5.26. The van der Waals surface area contributed by atoms with Crippen LogP contribution in [0.5, 0.6) is 5.75 Å². The topological polar surface area (TPSA) is 66.0 Å². The van der Waals surface area contributed by atoms with Gasteiger partial charge in [-0.3, -0.25) is 0 Å². The summed E-state index contributed by atoms with van der Waals surface area (Å²) in [6.07, 6.45) is 0.646. The van der Waals surface area contributed by atoms with Gasteiger partial charge in [-0.05, 0) is 75.5 Å². The monoisotopic (exact) mass is 567 g/mol. The second-order valence-corrected chi connectivity index (χ2v) is 7.89. The largest absolute Gasteiger partial charge is 0.506 e. The molecule has 4 nitrogen and oxygen atoms in total. The van der Waals surface area contributed by atoms with Gasteiger partial charge in [-0.2, -0.15) is 0 Å². The van der Waals surface area contributed by atoms with Gasteiger partial charge < -0.3 is 14.7 Å². The summed E-state index contributed by atoms with van der Waals surface area (Å²) in [5, 5.41) is 24.6. The van der Waals surface area contributed by atoms with E-state index < -0.39 is 0 Å². The maximum Gasteiger partial charge on any atom is 0.142 e. The highest BCUT2D eigenvalue weighted by Crippen LogP contribution is 2.33. The number of phenols is 1. The van der Waals surface area contributed by atoms with Gasteiger partial charge in [-0.15, -0.1) is 0 Å². The number of aromatic hydroxyl groups is 1. The van der Waals surface area contributed by atoms with Gasteiger partial charge in [0.05, 0.1) is 12.7 Å². The van der Waals surface area contributed by atoms with E-state index >= 15 is 0 Å². The number of aryl methyl sites for hydroxylation is 1. The van der Waals surface area contributed by atoms with Crippen LogP contribution in [0.1, 0.15) is 23.8 Å². The molecule has 3 aromatic rings. The van der Waals surface area contributed by atoms with Crippen LogP contribution in [0.15, 0.2) is 39.9 Å². The standard InChI is InChI=1S/C17H12ClI2NO3/c1-2-13-15(10-7-9(18)3-4-14(10)24-13)16(21-23)8-5-11(19)17(22)12(20)6-8/h3-7,22-23H,2H2,1H3/b21-16+. The van der Waals surface area contributed by atoms with E-state index in [-0.39, 0.29) is 5.75 Å². The molecule has 0 aliphatic heterocycles. The molecule has 3 rings (SSSR count). The van der Waals surface area contributed by atoms with Gasteiger partial charge >= 0.3 is 0 Å². The van der Waals surface area contributed by atoms with E-state index in [2.05, 4.69) is 5.16 Å². The normalized spacial score (nSPS) is 12.1. The van der Waals surface area contributed by atoms with E-state index in [4.69, 9.17) is 16.0 Å². The van der Waals surface area contributed by atoms with Gasteiger partial charge in [-0.1, -0.05) is 23.7 Å². The number of hydrogen-bond donors (Lipinski definition) is 2. The van der Waals surface area contributed by atoms with Crippen LogP contribution in [0.3, 0.4) is 0 Å². The Morgan fingerprint density at radius 3 is 2.46 bits per heavy atom. The number of fused-ring (bicyclic) bond motifs is 1. The Labute approximate surface area is 170 Å². The molecule has 24 heavy (non-hydrogen) atoms. The van der Waals surface area contributed by atoms with Crippen molar-refractivity contribution in [2.45, 2.75) is 13.3 Å². The van der Waals surface area contributed by atoms with Crippen LogP contribution in [-0.2, 0) is 6.42 Å². The van der Waals surface area contributed by atoms with Crippen molar-refractivity contribution in [3.8, 4) is 5.75 Å². The molecule has 0 bridgehead atoms. The second kappa shape index (κ2) is 7.09. The van der Waals surface area contributed by atoms with Crippen molar-refractivity contribution in [3.63, 3.8) is 0 Å². The van der Waals surface area contributed by atoms with Crippen LogP contribution in [0.4, 0.5) is 0 Å². The minimum Gasteiger partial charge on any atom is -0.506 e. The molecule has 0 unspecified atom stereocenters. The van der Waals surface area contributed by atoms with Crippen molar-refractivity contribution in [2.75, 3.05) is 0 Å². The van der Waals surface area contributed by atoms with Gasteiger partial charge in [0.1, 0.15) is 22.8 Å². The van der Waals surface area contributed by atoms with Crippen LogP contribution in [0.2, 0.25) is 5.02 Å². The molecule has 0 atom stereocenters. The average molecular weight is 568 g/mol. The molecular formula is C17H12ClI2NO3. The molecular weight excluding hydrogens is 555 g/mol. The first kappa shape index (κ1) is 17.8. The summed E-state index contributed by atoms with van der Waals surface area (Å²) < 4.78 is 7.25. The summed E-state index contributed by atoms with van der Waals surface area (Å²) in [7, 11) is 0. The van der Waals surface area contributed by atoms with Crippen LogP contribution in [-0.4, -0.2) is 16.0 Å². The average Bonchev–Trinajstić information content (AvgIpc) is 2.91. The van der Waals surface area contributed by atoms with Gasteiger partial charge in [0.15, 0.2) is 0 Å². The lowest BCUT2D eigenvalue weighted by molar-refractivity contribution is 0.319. The Morgan fingerprint density at radius 2 is 1.88 bits per heavy atom. The highest BCUT2D eigenvalue weighted by Gasteiger charge is 2.22. The van der Waals surface area contributed by atoms with E-state index in [0.717, 1.165) is 16.7 Å². The SMILES string of the molecule is CCc1oc2ccc(Cl)cc2c1/C(=N/O)c1cc(I)c(O)c(I)c1. The molecule has 1 heterocycles. The Morgan fingerprint density at radius 1 is 1.21 bits per heavy atom. The van der Waals surface area contributed by atoms with Crippen LogP contribution < -0.4 is 0 Å². The third-order valence-corrected chi connectivity index (χ3v) is 5.55. The molecule has 0 fully saturated rings. The van der Waals surface area contributed by atoms with E-state index in [1.54, 1.807) is 30.3 Å². The lowest BCUT2D eigenvalue weighted by atomic mass is 9.98. The first-order valence-electron chi connectivity index (χ1n) is 7.08. The van der Waals surface area contributed by atoms with E-state index in [0.29, 0.717) is 35.4 Å². The third-order valence-electron chi connectivity index (χ3n) is 3.67. The minimum absolute atomic E-state index is 0.216. The molecule has 0 spiro atoms. The predicted molar refractivity (Wildman–Crippen MR) is 112 cm³/mol. The molecule has 0 saturated carbocycles. The predicted octanol–water partition coefficient (Wildman–Crippen LogP) is 5.79. The second-order valence-electron chi connectivity index (χ2n) is 5.13. The minimum atomic E-state index is 0.216. The summed E-state index contributed by atoms with van der Waals surface area (Å²) in [5.41, 5.74) is 2.50. The first-order valence-corrected chi connectivity index (χ1v) is 9.61. The van der Waals surface area contributed by atoms with Crippen molar-refractivity contribution in [1.82, 2.24) is 0 Å². The molecule has 0 aliphatic rings. The van der Waals surface area contributed by atoms with Gasteiger partial charge in [-0.25, -0.2) is 0 Å². The number of oxime groups is 1. The Bertz CT molecular complexity index is 943. The Hall–Kier alpha value is -1.000. The van der Waals surface area contributed by atoms with Crippen molar-refractivity contribution in [2.24, 2.45) is 5.16 Å². The van der Waals surface area contributed by atoms with Gasteiger partial charge in [0.2, 0.25) is 0 Å². The fourth-order valence-electron chi connectivity index (χ4n) is 2.58. The molecule has 7 heteroatoms. The van der Waals surface area contributed by atoms with Gasteiger partial charge in [0.25, 0.3) is 0 Å². The summed E-state index contributed by atoms with van der Waals surface area (Å²) in [4.78, 5) is 0. The number of rotatable bonds is 3. The van der Waals surface area contributed by atoms with Crippen LogP contribution >= 0.6 is 56.8 Å². The molecule has 2 aromatic carbocycles. The van der Waals surface area contributed by atoms with Crippen molar-refractivity contribution >= 4 is 73.5 Å². The smallest absolute Gasteiger partial charge is 0.142 e. The zero-order valence-electron chi connectivity index (χ0n) is 12.5. The number of furan rings is 1. The molecule has 0 radical (unpaired) electrons. The van der Waals surface area contributed by atoms with Gasteiger partial charge in [0, 0.05) is 22.4 Å². The number of benzene rings is 2. The highest BCUT2D eigenvalue weighted by atomic mass is 127. The summed E-state index contributed by atoms with van der Waals surface area (Å²) >= 11 is 10.2. The first-order chi connectivity index (χ1) is 11.5. The van der Waals surface area contributed by atoms with Crippen LogP contribution in [0.25, 0.3) is 11.0 Å². The third kappa shape index (κ3) is 3.11. The molecule has 0 aliphatic carbocycles.